The van der Waals surface area contributed by atoms with E-state index in [0.717, 1.165) is 0 Å². The summed E-state index contributed by atoms with van der Waals surface area (Å²) in [7, 11) is 17.6. The molecule has 3 nitrogen and oxygen atoms in total. The standard InChI is InChI=1S/C10H10B3NO2/c1-9(11,14)10(12,13)6-2-3-7-8(4-6)16-5-15-7/h2-4H,5,14H2,1H3. The average molecular weight is 209 g/mol. The second-order valence-corrected chi connectivity index (χ2v) is 4.22. The fourth-order valence-corrected chi connectivity index (χ4v) is 1.46. The molecule has 1 unspecified atom stereocenters. The molecule has 16 heavy (non-hydrogen) atoms. The Labute approximate surface area is 98.9 Å². The summed E-state index contributed by atoms with van der Waals surface area (Å²) in [5, 5.41) is -1.34. The van der Waals surface area contributed by atoms with Gasteiger partial charge in [-0.1, -0.05) is 23.8 Å². The van der Waals surface area contributed by atoms with Crippen molar-refractivity contribution < 1.29 is 9.47 Å². The van der Waals surface area contributed by atoms with Gasteiger partial charge in [0.1, 0.15) is 0 Å². The predicted molar refractivity (Wildman–Crippen MR) is 64.1 cm³/mol. The first-order valence-electron chi connectivity index (χ1n) is 4.88. The lowest BCUT2D eigenvalue weighted by Gasteiger charge is -2.41. The second-order valence-electron chi connectivity index (χ2n) is 4.22. The Kier molecular flexibility index (Phi) is 2.50. The van der Waals surface area contributed by atoms with E-state index in [9.17, 15) is 0 Å². The molecule has 1 heterocycles. The van der Waals surface area contributed by atoms with Crippen molar-refractivity contribution in [2.45, 2.75) is 17.6 Å². The minimum Gasteiger partial charge on any atom is -0.454 e. The molecule has 0 fully saturated rings. The molecule has 1 aliphatic heterocycles. The van der Waals surface area contributed by atoms with Crippen LogP contribution in [0, 0.1) is 0 Å². The summed E-state index contributed by atoms with van der Waals surface area (Å²) in [6, 6.07) is 5.16. The van der Waals surface area contributed by atoms with Crippen LogP contribution in [0.4, 0.5) is 0 Å². The van der Waals surface area contributed by atoms with Gasteiger partial charge in [-0.15, -0.1) is 0 Å². The Hall–Kier alpha value is -1.03. The van der Waals surface area contributed by atoms with Crippen LogP contribution < -0.4 is 15.2 Å². The van der Waals surface area contributed by atoms with Crippen LogP contribution in [-0.2, 0) is 5.21 Å². The van der Waals surface area contributed by atoms with Crippen molar-refractivity contribution in [1.82, 2.24) is 0 Å². The van der Waals surface area contributed by atoms with E-state index in [2.05, 4.69) is 0 Å². The van der Waals surface area contributed by atoms with Crippen LogP contribution in [0.15, 0.2) is 18.2 Å². The summed E-state index contributed by atoms with van der Waals surface area (Å²) in [6.07, 6.45) is 0. The summed E-state index contributed by atoms with van der Waals surface area (Å²) in [5.41, 5.74) is 5.11. The molecule has 6 heteroatoms. The maximum absolute atomic E-state index is 5.94. The van der Waals surface area contributed by atoms with Crippen molar-refractivity contribution in [3.05, 3.63) is 23.8 Å². The van der Waals surface area contributed by atoms with Crippen LogP contribution in [0.3, 0.4) is 0 Å². The van der Waals surface area contributed by atoms with Crippen molar-refractivity contribution in [3.8, 4) is 11.5 Å². The van der Waals surface area contributed by atoms with Crippen LogP contribution in [0.1, 0.15) is 12.5 Å². The first-order chi connectivity index (χ1) is 7.32. The molecule has 0 saturated carbocycles. The molecule has 2 rings (SSSR count). The van der Waals surface area contributed by atoms with Crippen LogP contribution in [0.5, 0.6) is 11.5 Å². The number of fused-ring (bicyclic) bond motifs is 1. The van der Waals surface area contributed by atoms with E-state index in [-0.39, 0.29) is 6.79 Å². The third-order valence-electron chi connectivity index (χ3n) is 2.74. The molecule has 0 spiro atoms. The van der Waals surface area contributed by atoms with Crippen LogP contribution in [0.25, 0.3) is 0 Å². The Bertz CT molecular complexity index is 415. The highest BCUT2D eigenvalue weighted by Gasteiger charge is 2.34. The zero-order valence-corrected chi connectivity index (χ0v) is 9.07. The fraction of sp³-hybridized carbons (Fsp3) is 0.400. The topological polar surface area (TPSA) is 44.5 Å². The number of benzene rings is 1. The quantitative estimate of drug-likeness (QED) is 0.682. The summed E-state index contributed by atoms with van der Waals surface area (Å²) < 4.78 is 10.4. The van der Waals surface area contributed by atoms with Gasteiger partial charge in [-0.05, 0) is 17.6 Å². The molecular weight excluding hydrogens is 199 g/mol. The Morgan fingerprint density at radius 1 is 1.19 bits per heavy atom. The predicted octanol–water partition coefficient (Wildman–Crippen LogP) is -0.251. The van der Waals surface area contributed by atoms with E-state index in [4.69, 9.17) is 38.7 Å². The number of rotatable bonds is 2. The van der Waals surface area contributed by atoms with E-state index in [1.54, 1.807) is 25.1 Å². The third kappa shape index (κ3) is 1.71. The molecule has 6 radical (unpaired) electrons. The molecule has 76 valence electrons. The lowest BCUT2D eigenvalue weighted by molar-refractivity contribution is 0.174. The van der Waals surface area contributed by atoms with Gasteiger partial charge in [0.2, 0.25) is 6.79 Å². The van der Waals surface area contributed by atoms with Crippen molar-refractivity contribution in [2.24, 2.45) is 5.73 Å². The van der Waals surface area contributed by atoms with Crippen molar-refractivity contribution in [2.75, 3.05) is 6.79 Å². The van der Waals surface area contributed by atoms with Gasteiger partial charge in [-0.3, -0.25) is 0 Å². The van der Waals surface area contributed by atoms with E-state index >= 15 is 0 Å². The number of ether oxygens (including phenoxy) is 2. The van der Waals surface area contributed by atoms with Gasteiger partial charge in [-0.2, -0.15) is 0 Å². The minimum atomic E-state index is -1.34. The third-order valence-corrected chi connectivity index (χ3v) is 2.74. The highest BCUT2D eigenvalue weighted by Crippen LogP contribution is 2.36. The lowest BCUT2D eigenvalue weighted by Crippen LogP contribution is -2.57. The molecule has 0 amide bonds. The molecular formula is C10H10B3NO2. The van der Waals surface area contributed by atoms with Crippen LogP contribution >= 0.6 is 0 Å². The van der Waals surface area contributed by atoms with E-state index in [0.29, 0.717) is 17.1 Å². The Morgan fingerprint density at radius 3 is 2.44 bits per heavy atom. The van der Waals surface area contributed by atoms with E-state index in [1.165, 1.54) is 0 Å². The summed E-state index contributed by atoms with van der Waals surface area (Å²) in [5.74, 6) is 1.26. The lowest BCUT2D eigenvalue weighted by atomic mass is 9.38. The van der Waals surface area contributed by atoms with Gasteiger partial charge >= 0.3 is 0 Å². The van der Waals surface area contributed by atoms with Gasteiger partial charge in [0.15, 0.2) is 11.5 Å². The number of hydrogen-bond acceptors (Lipinski definition) is 3. The highest BCUT2D eigenvalue weighted by atomic mass is 16.7. The smallest absolute Gasteiger partial charge is 0.231 e. The zero-order chi connectivity index (χ0) is 12.0. The van der Waals surface area contributed by atoms with E-state index in [1.807, 2.05) is 0 Å². The zero-order valence-electron chi connectivity index (χ0n) is 9.07. The number of hydrogen-bond donors (Lipinski definition) is 1. The fourth-order valence-electron chi connectivity index (χ4n) is 1.46. The van der Waals surface area contributed by atoms with Gasteiger partial charge in [0, 0.05) is 0 Å². The first kappa shape index (κ1) is 11.5. The molecule has 1 aromatic rings. The normalized spacial score (nSPS) is 18.1. The highest BCUT2D eigenvalue weighted by molar-refractivity contribution is 6.45. The summed E-state index contributed by atoms with van der Waals surface area (Å²) >= 11 is 0. The average Bonchev–Trinajstić information content (AvgIpc) is 2.61. The van der Waals surface area contributed by atoms with Gasteiger partial charge in [-0.25, -0.2) is 0 Å². The van der Waals surface area contributed by atoms with Crippen LogP contribution in [-0.4, -0.2) is 35.8 Å². The molecule has 1 aliphatic rings. The molecule has 0 bridgehead atoms. The second kappa shape index (κ2) is 3.49. The van der Waals surface area contributed by atoms with Crippen molar-refractivity contribution in [1.29, 1.82) is 0 Å². The van der Waals surface area contributed by atoms with Crippen molar-refractivity contribution in [3.63, 3.8) is 0 Å². The Balaban J connectivity index is 2.42. The molecule has 0 aliphatic carbocycles. The van der Waals surface area contributed by atoms with Gasteiger partial charge < -0.3 is 15.2 Å². The van der Waals surface area contributed by atoms with Crippen LogP contribution in [0.2, 0.25) is 0 Å². The van der Waals surface area contributed by atoms with Gasteiger partial charge in [0.05, 0.1) is 23.5 Å². The molecule has 2 N–H and O–H groups in total. The minimum absolute atomic E-state index is 0.198. The van der Waals surface area contributed by atoms with Gasteiger partial charge in [0.25, 0.3) is 0 Å². The van der Waals surface area contributed by atoms with Crippen molar-refractivity contribution >= 4 is 23.5 Å². The SMILES string of the molecule is [B]C(C)(N)C([B])([B])c1ccc2c(c1)OCO2. The molecule has 0 saturated heterocycles. The summed E-state index contributed by atoms with van der Waals surface area (Å²) in [6.45, 7) is 1.76. The maximum Gasteiger partial charge on any atom is 0.231 e. The van der Waals surface area contributed by atoms with E-state index < -0.39 is 10.7 Å². The largest absolute Gasteiger partial charge is 0.454 e. The first-order valence-corrected chi connectivity index (χ1v) is 4.88. The monoisotopic (exact) mass is 209 g/mol. The molecule has 0 aromatic heterocycles. The number of nitrogens with two attached hydrogens (primary N) is 1. The molecule has 1 atom stereocenters. The summed E-state index contributed by atoms with van der Waals surface area (Å²) in [4.78, 5) is 0. The Morgan fingerprint density at radius 2 is 1.81 bits per heavy atom. The maximum atomic E-state index is 5.94. The molecule has 1 aromatic carbocycles.